The third-order valence-corrected chi connectivity index (χ3v) is 6.21. The molecule has 4 rings (SSSR count). The first-order valence-electron chi connectivity index (χ1n) is 8.00. The molecule has 0 radical (unpaired) electrons. The highest BCUT2D eigenvalue weighted by atomic mass is 32.1. The minimum Gasteiger partial charge on any atom is -0.481 e. The van der Waals surface area contributed by atoms with Gasteiger partial charge in [-0.3, -0.25) is 4.79 Å². The van der Waals surface area contributed by atoms with E-state index in [1.807, 2.05) is 16.3 Å². The summed E-state index contributed by atoms with van der Waals surface area (Å²) in [6.07, 6.45) is 0.848. The van der Waals surface area contributed by atoms with Crippen LogP contribution in [0.15, 0.2) is 53.2 Å². The normalized spacial score (nSPS) is 16.5. The van der Waals surface area contributed by atoms with Crippen molar-refractivity contribution in [2.45, 2.75) is 12.5 Å². The maximum atomic E-state index is 13.7. The first kappa shape index (κ1) is 16.3. The van der Waals surface area contributed by atoms with Crippen LogP contribution in [0.2, 0.25) is 0 Å². The Kier molecular flexibility index (Phi) is 4.55. The lowest BCUT2D eigenvalue weighted by molar-refractivity contribution is -0.135. The molecule has 3 nitrogen and oxygen atoms in total. The fraction of sp³-hybridized carbons (Fsp3) is 0.211. The Balaban J connectivity index is 1.56. The van der Waals surface area contributed by atoms with Gasteiger partial charge in [0.25, 0.3) is 5.91 Å². The van der Waals surface area contributed by atoms with Crippen LogP contribution in [0.1, 0.15) is 21.4 Å². The summed E-state index contributed by atoms with van der Waals surface area (Å²) in [6.45, 7) is 0.484. The largest absolute Gasteiger partial charge is 0.481 e. The van der Waals surface area contributed by atoms with Gasteiger partial charge in [-0.05, 0) is 47.0 Å². The number of ether oxygens (including phenoxy) is 1. The molecule has 0 aliphatic carbocycles. The molecule has 128 valence electrons. The summed E-state index contributed by atoms with van der Waals surface area (Å²) in [4.78, 5) is 17.1. The number of nitrogens with zero attached hydrogens (tertiary/aromatic N) is 1. The second-order valence-corrected chi connectivity index (χ2v) is 7.75. The quantitative estimate of drug-likeness (QED) is 0.674. The van der Waals surface area contributed by atoms with E-state index < -0.39 is 5.82 Å². The lowest BCUT2D eigenvalue weighted by Gasteiger charge is -2.35. The molecule has 1 aromatic carbocycles. The zero-order chi connectivity index (χ0) is 17.2. The number of carbonyl (C=O) groups is 1. The van der Waals surface area contributed by atoms with Gasteiger partial charge in [-0.1, -0.05) is 18.2 Å². The molecule has 0 bridgehead atoms. The Morgan fingerprint density at radius 3 is 2.84 bits per heavy atom. The number of rotatable bonds is 4. The SMILES string of the molecule is O=C(COc1ccccc1F)N1CCc2sccc2[C@@H]1c1cccs1. The van der Waals surface area contributed by atoms with Crippen molar-refractivity contribution >= 4 is 28.6 Å². The van der Waals surface area contributed by atoms with Crippen LogP contribution in [0.5, 0.6) is 5.75 Å². The molecule has 3 aromatic rings. The Bertz CT molecular complexity index is 875. The van der Waals surface area contributed by atoms with Crippen LogP contribution in [-0.2, 0) is 11.2 Å². The third kappa shape index (κ3) is 3.19. The number of thiophene rings is 2. The number of hydrogen-bond acceptors (Lipinski definition) is 4. The molecule has 1 atom stereocenters. The van der Waals surface area contributed by atoms with Crippen molar-refractivity contribution in [1.29, 1.82) is 0 Å². The molecule has 0 fully saturated rings. The number of fused-ring (bicyclic) bond motifs is 1. The predicted molar refractivity (Wildman–Crippen MR) is 97.8 cm³/mol. The minimum absolute atomic E-state index is 0.0771. The summed E-state index contributed by atoms with van der Waals surface area (Å²) in [5.74, 6) is -0.473. The van der Waals surface area contributed by atoms with E-state index in [0.29, 0.717) is 6.54 Å². The number of halogens is 1. The van der Waals surface area contributed by atoms with E-state index in [1.54, 1.807) is 34.8 Å². The average molecular weight is 373 g/mol. The topological polar surface area (TPSA) is 29.5 Å². The molecule has 0 saturated carbocycles. The number of hydrogen-bond donors (Lipinski definition) is 0. The van der Waals surface area contributed by atoms with Crippen LogP contribution in [0.3, 0.4) is 0 Å². The third-order valence-electron chi connectivity index (χ3n) is 4.29. The van der Waals surface area contributed by atoms with Crippen molar-refractivity contribution in [2.24, 2.45) is 0 Å². The van der Waals surface area contributed by atoms with Crippen molar-refractivity contribution in [3.8, 4) is 5.75 Å². The second kappa shape index (κ2) is 6.98. The Labute approximate surface area is 153 Å². The molecule has 1 aliphatic rings. The molecule has 0 N–H and O–H groups in total. The summed E-state index contributed by atoms with van der Waals surface area (Å²) in [6, 6.07) is 12.2. The molecule has 25 heavy (non-hydrogen) atoms. The summed E-state index contributed by atoms with van der Waals surface area (Å²) in [7, 11) is 0. The van der Waals surface area contributed by atoms with Gasteiger partial charge >= 0.3 is 0 Å². The lowest BCUT2D eigenvalue weighted by Crippen LogP contribution is -2.42. The monoisotopic (exact) mass is 373 g/mol. The molecule has 2 aromatic heterocycles. The summed E-state index contributed by atoms with van der Waals surface area (Å²) in [5.41, 5.74) is 1.19. The minimum atomic E-state index is -0.455. The molecule has 0 spiro atoms. The summed E-state index contributed by atoms with van der Waals surface area (Å²) >= 11 is 3.38. The van der Waals surface area contributed by atoms with Gasteiger partial charge in [0.1, 0.15) is 0 Å². The Morgan fingerprint density at radius 1 is 1.16 bits per heavy atom. The zero-order valence-corrected chi connectivity index (χ0v) is 15.0. The van der Waals surface area contributed by atoms with E-state index in [9.17, 15) is 9.18 Å². The first-order valence-corrected chi connectivity index (χ1v) is 9.76. The van der Waals surface area contributed by atoms with Gasteiger partial charge in [0.05, 0.1) is 6.04 Å². The van der Waals surface area contributed by atoms with Crippen molar-refractivity contribution in [3.05, 3.63) is 74.4 Å². The van der Waals surface area contributed by atoms with Gasteiger partial charge in [-0.25, -0.2) is 4.39 Å². The van der Waals surface area contributed by atoms with E-state index in [2.05, 4.69) is 17.5 Å². The lowest BCUT2D eigenvalue weighted by atomic mass is 9.98. The van der Waals surface area contributed by atoms with Crippen LogP contribution >= 0.6 is 22.7 Å². The fourth-order valence-electron chi connectivity index (χ4n) is 3.12. The van der Waals surface area contributed by atoms with E-state index in [-0.39, 0.29) is 24.3 Å². The summed E-state index contributed by atoms with van der Waals surface area (Å²) in [5, 5.41) is 4.10. The average Bonchev–Trinajstić information content (AvgIpc) is 3.31. The first-order chi connectivity index (χ1) is 12.2. The maximum Gasteiger partial charge on any atom is 0.261 e. The number of carbonyl (C=O) groups excluding carboxylic acids is 1. The van der Waals surface area contributed by atoms with Crippen molar-refractivity contribution in [3.63, 3.8) is 0 Å². The maximum absolute atomic E-state index is 13.7. The number of para-hydroxylation sites is 1. The van der Waals surface area contributed by atoms with Gasteiger partial charge in [-0.15, -0.1) is 22.7 Å². The van der Waals surface area contributed by atoms with Crippen LogP contribution in [0.25, 0.3) is 0 Å². The van der Waals surface area contributed by atoms with E-state index in [0.717, 1.165) is 11.3 Å². The second-order valence-electron chi connectivity index (χ2n) is 5.77. The van der Waals surface area contributed by atoms with Gasteiger partial charge in [0.2, 0.25) is 0 Å². The highest BCUT2D eigenvalue weighted by Crippen LogP contribution is 2.39. The molecule has 0 saturated heterocycles. The number of amides is 1. The molecule has 6 heteroatoms. The molecule has 1 aliphatic heterocycles. The highest BCUT2D eigenvalue weighted by molar-refractivity contribution is 7.10. The smallest absolute Gasteiger partial charge is 0.261 e. The van der Waals surface area contributed by atoms with Crippen LogP contribution in [-0.4, -0.2) is 24.0 Å². The predicted octanol–water partition coefficient (Wildman–Crippen LogP) is 4.50. The molecule has 1 amide bonds. The summed E-state index contributed by atoms with van der Waals surface area (Å²) < 4.78 is 19.1. The van der Waals surface area contributed by atoms with Gasteiger partial charge in [0, 0.05) is 16.3 Å². The van der Waals surface area contributed by atoms with Crippen LogP contribution in [0.4, 0.5) is 4.39 Å². The Hall–Kier alpha value is -2.18. The fourth-order valence-corrected chi connectivity index (χ4v) is 4.88. The Morgan fingerprint density at radius 2 is 2.04 bits per heavy atom. The van der Waals surface area contributed by atoms with Crippen LogP contribution in [0, 0.1) is 5.82 Å². The molecular weight excluding hydrogens is 357 g/mol. The van der Waals surface area contributed by atoms with E-state index in [4.69, 9.17) is 4.74 Å². The van der Waals surface area contributed by atoms with Gasteiger partial charge in [0.15, 0.2) is 18.2 Å². The van der Waals surface area contributed by atoms with Crippen molar-refractivity contribution in [1.82, 2.24) is 4.90 Å². The molecule has 3 heterocycles. The number of benzene rings is 1. The van der Waals surface area contributed by atoms with Crippen molar-refractivity contribution < 1.29 is 13.9 Å². The standard InChI is InChI=1S/C19H16FNO2S2/c20-14-4-1-2-5-15(14)23-12-18(22)21-9-7-16-13(8-11-25-16)19(21)17-6-3-10-24-17/h1-6,8,10-11,19H,7,9,12H2/t19-/m1/s1. The van der Waals surface area contributed by atoms with Gasteiger partial charge in [-0.2, -0.15) is 0 Å². The van der Waals surface area contributed by atoms with Crippen LogP contribution < -0.4 is 4.74 Å². The highest BCUT2D eigenvalue weighted by Gasteiger charge is 2.33. The zero-order valence-electron chi connectivity index (χ0n) is 13.4. The molecule has 0 unspecified atom stereocenters. The van der Waals surface area contributed by atoms with E-state index >= 15 is 0 Å². The molecular formula is C19H16FNO2S2. The van der Waals surface area contributed by atoms with Gasteiger partial charge < -0.3 is 9.64 Å². The van der Waals surface area contributed by atoms with E-state index in [1.165, 1.54) is 22.6 Å². The van der Waals surface area contributed by atoms with Crippen molar-refractivity contribution in [2.75, 3.05) is 13.2 Å².